The molecule has 0 N–H and O–H groups in total. The minimum absolute atomic E-state index is 0.761. The second-order valence-electron chi connectivity index (χ2n) is 4.91. The molecule has 0 aliphatic rings. The lowest BCUT2D eigenvalue weighted by Crippen LogP contribution is -2.22. The molecule has 122 valence electrons. The van der Waals surface area contributed by atoms with Crippen LogP contribution in [0.15, 0.2) is 0 Å². The van der Waals surface area contributed by atoms with Crippen LogP contribution in [0.25, 0.3) is 0 Å². The number of benzene rings is 1. The predicted molar refractivity (Wildman–Crippen MR) is 67.4 cm³/mol. The van der Waals surface area contributed by atoms with Gasteiger partial charge in [0.1, 0.15) is 11.1 Å². The van der Waals surface area contributed by atoms with E-state index in [1.807, 2.05) is 0 Å². The minimum atomic E-state index is -2.01. The average molecular weight is 322 g/mol. The number of esters is 2. The number of carbonyl (C=O) groups excluding carboxylic acids is 2. The molecule has 0 amide bonds. The maximum absolute atomic E-state index is 13.8. The lowest BCUT2D eigenvalue weighted by atomic mass is 10.1. The summed E-state index contributed by atoms with van der Waals surface area (Å²) in [5.74, 6) is -11.2. The smallest absolute Gasteiger partial charge is 0.344 e. The van der Waals surface area contributed by atoms with E-state index in [2.05, 4.69) is 9.47 Å². The molecule has 0 atom stereocenters. The molecule has 0 saturated heterocycles. The molecule has 1 rings (SSSR count). The number of hydrogen-bond donors (Lipinski definition) is 0. The van der Waals surface area contributed by atoms with Crippen molar-refractivity contribution < 1.29 is 36.6 Å². The second-order valence-corrected chi connectivity index (χ2v) is 4.91. The summed E-state index contributed by atoms with van der Waals surface area (Å²) in [6, 6.07) is 0. The Morgan fingerprint density at radius 1 is 0.682 bits per heavy atom. The van der Waals surface area contributed by atoms with Crippen molar-refractivity contribution in [1.29, 1.82) is 0 Å². The SMILES string of the molecule is CC(C)OC(=O)c1c(F)c(F)c(C(=O)OC(C)C)c(F)c1F. The van der Waals surface area contributed by atoms with Crippen LogP contribution in [0, 0.1) is 23.3 Å². The monoisotopic (exact) mass is 322 g/mol. The van der Waals surface area contributed by atoms with Crippen molar-refractivity contribution in [3.8, 4) is 0 Å². The Hall–Kier alpha value is -2.12. The molecule has 1 aromatic carbocycles. The first-order valence-electron chi connectivity index (χ1n) is 6.35. The third-order valence-electron chi connectivity index (χ3n) is 2.36. The molecule has 4 nitrogen and oxygen atoms in total. The van der Waals surface area contributed by atoms with E-state index in [-0.39, 0.29) is 0 Å². The van der Waals surface area contributed by atoms with Gasteiger partial charge in [-0.1, -0.05) is 0 Å². The highest BCUT2D eigenvalue weighted by Gasteiger charge is 2.34. The molecule has 22 heavy (non-hydrogen) atoms. The zero-order chi connectivity index (χ0) is 17.2. The van der Waals surface area contributed by atoms with Gasteiger partial charge in [0.15, 0.2) is 23.3 Å². The van der Waals surface area contributed by atoms with Crippen molar-refractivity contribution in [3.63, 3.8) is 0 Å². The van der Waals surface area contributed by atoms with Gasteiger partial charge in [-0.3, -0.25) is 0 Å². The molecule has 0 aliphatic carbocycles. The molecule has 0 fully saturated rings. The van der Waals surface area contributed by atoms with Gasteiger partial charge >= 0.3 is 11.9 Å². The number of carbonyl (C=O) groups is 2. The number of ether oxygens (including phenoxy) is 2. The van der Waals surface area contributed by atoms with Gasteiger partial charge in [-0.15, -0.1) is 0 Å². The molecule has 0 radical (unpaired) electrons. The summed E-state index contributed by atoms with van der Waals surface area (Å²) < 4.78 is 64.3. The highest BCUT2D eigenvalue weighted by atomic mass is 19.2. The van der Waals surface area contributed by atoms with E-state index in [0.29, 0.717) is 0 Å². The third-order valence-corrected chi connectivity index (χ3v) is 2.36. The Bertz CT molecular complexity index is 529. The normalized spacial score (nSPS) is 11.0. The van der Waals surface area contributed by atoms with Gasteiger partial charge in [-0.25, -0.2) is 27.2 Å². The van der Waals surface area contributed by atoms with Crippen LogP contribution in [0.3, 0.4) is 0 Å². The van der Waals surface area contributed by atoms with Crippen molar-refractivity contribution in [2.75, 3.05) is 0 Å². The van der Waals surface area contributed by atoms with Gasteiger partial charge in [0.05, 0.1) is 12.2 Å². The first-order valence-corrected chi connectivity index (χ1v) is 6.35. The van der Waals surface area contributed by atoms with Gasteiger partial charge in [-0.2, -0.15) is 0 Å². The fourth-order valence-corrected chi connectivity index (χ4v) is 1.54. The zero-order valence-corrected chi connectivity index (χ0v) is 12.3. The maximum atomic E-state index is 13.8. The van der Waals surface area contributed by atoms with Gasteiger partial charge in [0.2, 0.25) is 0 Å². The minimum Gasteiger partial charge on any atom is -0.459 e. The summed E-state index contributed by atoms with van der Waals surface area (Å²) in [4.78, 5) is 23.0. The van der Waals surface area contributed by atoms with Gasteiger partial charge in [0.25, 0.3) is 0 Å². The Kier molecular flexibility index (Phi) is 5.51. The molecule has 0 aliphatic heterocycles. The Balaban J connectivity index is 3.44. The van der Waals surface area contributed by atoms with Crippen LogP contribution in [0.2, 0.25) is 0 Å². The summed E-state index contributed by atoms with van der Waals surface area (Å²) >= 11 is 0. The van der Waals surface area contributed by atoms with Gasteiger partial charge in [0, 0.05) is 0 Å². The van der Waals surface area contributed by atoms with Crippen molar-refractivity contribution in [2.24, 2.45) is 0 Å². The van der Waals surface area contributed by atoms with Crippen LogP contribution >= 0.6 is 0 Å². The lowest BCUT2D eigenvalue weighted by Gasteiger charge is -2.13. The highest BCUT2D eigenvalue weighted by molar-refractivity contribution is 5.94. The predicted octanol–water partition coefficient (Wildman–Crippen LogP) is 3.37. The van der Waals surface area contributed by atoms with Crippen molar-refractivity contribution >= 4 is 11.9 Å². The molecule has 8 heteroatoms. The van der Waals surface area contributed by atoms with E-state index in [0.717, 1.165) is 0 Å². The summed E-state index contributed by atoms with van der Waals surface area (Å²) in [7, 11) is 0. The highest BCUT2D eigenvalue weighted by Crippen LogP contribution is 2.26. The van der Waals surface area contributed by atoms with E-state index in [1.165, 1.54) is 27.7 Å². The van der Waals surface area contributed by atoms with E-state index in [1.54, 1.807) is 0 Å². The van der Waals surface area contributed by atoms with Gasteiger partial charge in [-0.05, 0) is 27.7 Å². The number of rotatable bonds is 4. The quantitative estimate of drug-likeness (QED) is 0.484. The van der Waals surface area contributed by atoms with Gasteiger partial charge < -0.3 is 9.47 Å². The van der Waals surface area contributed by atoms with Crippen molar-refractivity contribution in [1.82, 2.24) is 0 Å². The Morgan fingerprint density at radius 2 is 0.909 bits per heavy atom. The number of halogens is 4. The fourth-order valence-electron chi connectivity index (χ4n) is 1.54. The molecule has 0 heterocycles. The lowest BCUT2D eigenvalue weighted by molar-refractivity contribution is 0.0338. The molecule has 0 saturated carbocycles. The van der Waals surface area contributed by atoms with Crippen LogP contribution in [0.5, 0.6) is 0 Å². The second kappa shape index (κ2) is 6.76. The van der Waals surface area contributed by atoms with E-state index in [9.17, 15) is 27.2 Å². The Labute approximate surface area is 124 Å². The largest absolute Gasteiger partial charge is 0.459 e. The average Bonchev–Trinajstić information content (AvgIpc) is 2.35. The fraction of sp³-hybridized carbons (Fsp3) is 0.429. The first kappa shape index (κ1) is 17.9. The van der Waals surface area contributed by atoms with Crippen LogP contribution in [0.4, 0.5) is 17.6 Å². The summed E-state index contributed by atoms with van der Waals surface area (Å²) in [6.45, 7) is 5.53. The first-order chi connectivity index (χ1) is 10.1. The standard InChI is InChI=1S/C14H14F4O4/c1-5(2)21-13(19)7-9(15)11(17)8(12(18)10(7)16)14(20)22-6(3)4/h5-6H,1-4H3. The maximum Gasteiger partial charge on any atom is 0.344 e. The van der Waals surface area contributed by atoms with E-state index < -0.39 is 58.5 Å². The van der Waals surface area contributed by atoms with Crippen molar-refractivity contribution in [2.45, 2.75) is 39.9 Å². The molecule has 0 bridgehead atoms. The topological polar surface area (TPSA) is 52.6 Å². The molecule has 1 aromatic rings. The van der Waals surface area contributed by atoms with E-state index >= 15 is 0 Å². The summed E-state index contributed by atoms with van der Waals surface area (Å²) in [6.07, 6.45) is -1.52. The van der Waals surface area contributed by atoms with E-state index in [4.69, 9.17) is 0 Å². The molecule has 0 unspecified atom stereocenters. The molecule has 0 aromatic heterocycles. The molecule has 0 spiro atoms. The van der Waals surface area contributed by atoms with Crippen LogP contribution in [-0.4, -0.2) is 24.1 Å². The Morgan fingerprint density at radius 3 is 1.09 bits per heavy atom. The van der Waals surface area contributed by atoms with Crippen molar-refractivity contribution in [3.05, 3.63) is 34.4 Å². The van der Waals surface area contributed by atoms with Crippen LogP contribution in [0.1, 0.15) is 48.4 Å². The summed E-state index contributed by atoms with van der Waals surface area (Å²) in [5, 5.41) is 0. The number of hydrogen-bond acceptors (Lipinski definition) is 4. The summed E-state index contributed by atoms with van der Waals surface area (Å²) in [5.41, 5.74) is -3.07. The van der Waals surface area contributed by atoms with Crippen LogP contribution in [-0.2, 0) is 9.47 Å². The zero-order valence-electron chi connectivity index (χ0n) is 12.3. The molecular formula is C14H14F4O4. The van der Waals surface area contributed by atoms with Crippen LogP contribution < -0.4 is 0 Å². The molecular weight excluding hydrogens is 308 g/mol. The third kappa shape index (κ3) is 3.55.